The fraction of sp³-hybridized carbons (Fsp3) is 0.733. The van der Waals surface area contributed by atoms with Crippen LogP contribution < -0.4 is 0 Å². The van der Waals surface area contributed by atoms with Crippen LogP contribution in [0, 0.1) is 31.1 Å². The fourth-order valence-electron chi connectivity index (χ4n) is 3.28. The molecule has 0 spiro atoms. The summed E-state index contributed by atoms with van der Waals surface area (Å²) in [7, 11) is 1.47. The van der Waals surface area contributed by atoms with E-state index in [-0.39, 0.29) is 17.3 Å². The van der Waals surface area contributed by atoms with Crippen molar-refractivity contribution in [3.8, 4) is 0 Å². The van der Waals surface area contributed by atoms with Crippen molar-refractivity contribution in [2.75, 3.05) is 7.11 Å². The van der Waals surface area contributed by atoms with Gasteiger partial charge in [0, 0.05) is 12.2 Å². The van der Waals surface area contributed by atoms with Gasteiger partial charge >= 0.3 is 5.97 Å². The third-order valence-corrected chi connectivity index (χ3v) is 4.76. The normalized spacial score (nSPS) is 24.3. The summed E-state index contributed by atoms with van der Waals surface area (Å²) in [4.78, 5) is 11.8. The van der Waals surface area contributed by atoms with Gasteiger partial charge in [0.2, 0.25) is 0 Å². The predicted molar refractivity (Wildman–Crippen MR) is 73.9 cm³/mol. The van der Waals surface area contributed by atoms with Crippen LogP contribution in [0.2, 0.25) is 0 Å². The molecule has 0 saturated heterocycles. The zero-order valence-electron chi connectivity index (χ0n) is 12.8. The molecule has 1 saturated carbocycles. The highest BCUT2D eigenvalue weighted by atomic mass is 16.5. The highest BCUT2D eigenvalue weighted by molar-refractivity contribution is 5.77. The van der Waals surface area contributed by atoms with E-state index in [1.54, 1.807) is 0 Å². The Balaban J connectivity index is 2.19. The topological polar surface area (TPSA) is 44.1 Å². The summed E-state index contributed by atoms with van der Waals surface area (Å²) in [5.74, 6) is 0.321. The summed E-state index contributed by atoms with van der Waals surface area (Å²) < 4.78 is 6.94. The van der Waals surface area contributed by atoms with Crippen LogP contribution in [-0.2, 0) is 22.5 Å². The standard InChI is InChI=1S/C15H24N2O2/c1-7-17-10(3)11(9(2)16-17)8-12-13(14(18)19-6)15(12,4)5/h12-13H,7-8H2,1-6H3/t12-,13-/m1/s1. The Morgan fingerprint density at radius 3 is 2.53 bits per heavy atom. The highest BCUT2D eigenvalue weighted by Gasteiger charge is 2.62. The van der Waals surface area contributed by atoms with Crippen molar-refractivity contribution in [2.24, 2.45) is 17.3 Å². The zero-order chi connectivity index (χ0) is 14.4. The van der Waals surface area contributed by atoms with Gasteiger partial charge in [0.1, 0.15) is 0 Å². The minimum absolute atomic E-state index is 0.0290. The third-order valence-electron chi connectivity index (χ3n) is 4.76. The van der Waals surface area contributed by atoms with Crippen molar-refractivity contribution in [3.63, 3.8) is 0 Å². The molecular formula is C15H24N2O2. The van der Waals surface area contributed by atoms with E-state index in [1.807, 2.05) is 4.68 Å². The van der Waals surface area contributed by atoms with E-state index in [9.17, 15) is 4.79 Å². The Bertz CT molecular complexity index is 502. The number of nitrogens with zero attached hydrogens (tertiary/aromatic N) is 2. The van der Waals surface area contributed by atoms with Crippen LogP contribution in [0.25, 0.3) is 0 Å². The van der Waals surface area contributed by atoms with Crippen molar-refractivity contribution in [1.29, 1.82) is 0 Å². The number of rotatable bonds is 4. The predicted octanol–water partition coefficient (Wildman–Crippen LogP) is 2.51. The van der Waals surface area contributed by atoms with Crippen LogP contribution in [0.15, 0.2) is 0 Å². The van der Waals surface area contributed by atoms with E-state index in [4.69, 9.17) is 4.74 Å². The number of carbonyl (C=O) groups is 1. The van der Waals surface area contributed by atoms with Crippen molar-refractivity contribution in [1.82, 2.24) is 9.78 Å². The monoisotopic (exact) mass is 264 g/mol. The molecular weight excluding hydrogens is 240 g/mol. The van der Waals surface area contributed by atoms with Gasteiger partial charge in [0.25, 0.3) is 0 Å². The first-order valence-corrected chi connectivity index (χ1v) is 6.95. The molecule has 0 aromatic carbocycles. The molecule has 0 amide bonds. The second-order valence-electron chi connectivity index (χ2n) is 6.10. The third kappa shape index (κ3) is 2.17. The number of aromatic nitrogens is 2. The van der Waals surface area contributed by atoms with Crippen LogP contribution >= 0.6 is 0 Å². The van der Waals surface area contributed by atoms with E-state index in [0.29, 0.717) is 5.92 Å². The maximum absolute atomic E-state index is 11.8. The summed E-state index contributed by atoms with van der Waals surface area (Å²) in [5, 5.41) is 4.55. The van der Waals surface area contributed by atoms with Gasteiger partial charge in [0.15, 0.2) is 0 Å². The average molecular weight is 264 g/mol. The molecule has 2 rings (SSSR count). The van der Waals surface area contributed by atoms with Crippen LogP contribution in [0.3, 0.4) is 0 Å². The fourth-order valence-corrected chi connectivity index (χ4v) is 3.28. The van der Waals surface area contributed by atoms with Gasteiger partial charge in [0.05, 0.1) is 18.7 Å². The molecule has 1 aliphatic carbocycles. The van der Waals surface area contributed by atoms with Gasteiger partial charge in [-0.15, -0.1) is 0 Å². The molecule has 0 bridgehead atoms. The summed E-state index contributed by atoms with van der Waals surface area (Å²) in [6, 6.07) is 0. The molecule has 1 aromatic heterocycles. The first-order valence-electron chi connectivity index (χ1n) is 6.95. The number of methoxy groups -OCH3 is 1. The largest absolute Gasteiger partial charge is 0.469 e. The molecule has 106 valence electrons. The van der Waals surface area contributed by atoms with Crippen molar-refractivity contribution < 1.29 is 9.53 Å². The van der Waals surface area contributed by atoms with E-state index in [2.05, 4.69) is 39.7 Å². The summed E-state index contributed by atoms with van der Waals surface area (Å²) in [6.45, 7) is 11.4. The second kappa shape index (κ2) is 4.66. The average Bonchev–Trinajstić information content (AvgIpc) is 2.79. The minimum atomic E-state index is -0.0758. The summed E-state index contributed by atoms with van der Waals surface area (Å²) in [6.07, 6.45) is 0.921. The van der Waals surface area contributed by atoms with E-state index >= 15 is 0 Å². The van der Waals surface area contributed by atoms with Crippen LogP contribution in [0.5, 0.6) is 0 Å². The van der Waals surface area contributed by atoms with Crippen LogP contribution in [0.1, 0.15) is 37.7 Å². The lowest BCUT2D eigenvalue weighted by atomic mass is 10.0. The van der Waals surface area contributed by atoms with Crippen molar-refractivity contribution in [3.05, 3.63) is 17.0 Å². The van der Waals surface area contributed by atoms with Crippen molar-refractivity contribution in [2.45, 2.75) is 47.6 Å². The van der Waals surface area contributed by atoms with Crippen LogP contribution in [0.4, 0.5) is 0 Å². The SMILES string of the molecule is CCn1nc(C)c(C[C@@H]2[C@H](C(=O)OC)C2(C)C)c1C. The quantitative estimate of drug-likeness (QED) is 0.785. The maximum atomic E-state index is 11.8. The first-order chi connectivity index (χ1) is 8.84. The van der Waals surface area contributed by atoms with E-state index < -0.39 is 0 Å². The number of aryl methyl sites for hydroxylation is 2. The summed E-state index contributed by atoms with van der Waals surface area (Å²) in [5.41, 5.74) is 3.66. The Hall–Kier alpha value is -1.32. The molecule has 0 unspecified atom stereocenters. The van der Waals surface area contributed by atoms with Gasteiger partial charge in [-0.2, -0.15) is 5.10 Å². The number of esters is 1. The summed E-state index contributed by atoms with van der Waals surface area (Å²) >= 11 is 0. The number of carbonyl (C=O) groups excluding carboxylic acids is 1. The Labute approximate surface area is 115 Å². The molecule has 0 N–H and O–H groups in total. The van der Waals surface area contributed by atoms with Gasteiger partial charge < -0.3 is 4.74 Å². The lowest BCUT2D eigenvalue weighted by Gasteiger charge is -2.04. The van der Waals surface area contributed by atoms with E-state index in [0.717, 1.165) is 18.7 Å². The highest BCUT2D eigenvalue weighted by Crippen LogP contribution is 2.60. The zero-order valence-corrected chi connectivity index (χ0v) is 12.8. The maximum Gasteiger partial charge on any atom is 0.309 e. The smallest absolute Gasteiger partial charge is 0.309 e. The lowest BCUT2D eigenvalue weighted by Crippen LogP contribution is -2.07. The molecule has 4 heteroatoms. The molecule has 1 fully saturated rings. The second-order valence-corrected chi connectivity index (χ2v) is 6.10. The van der Waals surface area contributed by atoms with Crippen molar-refractivity contribution >= 4 is 5.97 Å². The molecule has 1 aliphatic rings. The van der Waals surface area contributed by atoms with Gasteiger partial charge in [-0.3, -0.25) is 9.48 Å². The number of hydrogen-bond donors (Lipinski definition) is 0. The number of ether oxygens (including phenoxy) is 1. The molecule has 4 nitrogen and oxygen atoms in total. The Kier molecular flexibility index (Phi) is 3.45. The van der Waals surface area contributed by atoms with Gasteiger partial charge in [-0.05, 0) is 44.1 Å². The number of hydrogen-bond acceptors (Lipinski definition) is 3. The van der Waals surface area contributed by atoms with Gasteiger partial charge in [-0.25, -0.2) is 0 Å². The Morgan fingerprint density at radius 2 is 2.05 bits per heavy atom. The Morgan fingerprint density at radius 1 is 1.42 bits per heavy atom. The molecule has 1 aromatic rings. The first kappa shape index (κ1) is 14.1. The molecule has 2 atom stereocenters. The molecule has 1 heterocycles. The van der Waals surface area contributed by atoms with E-state index in [1.165, 1.54) is 18.4 Å². The molecule has 0 aliphatic heterocycles. The molecule has 19 heavy (non-hydrogen) atoms. The minimum Gasteiger partial charge on any atom is -0.469 e. The lowest BCUT2D eigenvalue weighted by molar-refractivity contribution is -0.143. The van der Waals surface area contributed by atoms with Crippen LogP contribution in [-0.4, -0.2) is 22.9 Å². The van der Waals surface area contributed by atoms with Gasteiger partial charge in [-0.1, -0.05) is 13.8 Å². The molecule has 0 radical (unpaired) electrons.